The predicted molar refractivity (Wildman–Crippen MR) is 108 cm³/mol. The second kappa shape index (κ2) is 7.23. The number of hydrogen-bond acceptors (Lipinski definition) is 2. The van der Waals surface area contributed by atoms with Gasteiger partial charge in [-0.3, -0.25) is 4.79 Å². The SMILES string of the molecule is CC(C)C(NC(=O)c1cc(Br)ccc1I)c1nc2ccccc2[nH]1. The minimum Gasteiger partial charge on any atom is -0.342 e. The fourth-order valence-electron chi connectivity index (χ4n) is 2.56. The van der Waals surface area contributed by atoms with Crippen LogP contribution in [0.15, 0.2) is 46.9 Å². The summed E-state index contributed by atoms with van der Waals surface area (Å²) in [4.78, 5) is 20.7. The first-order chi connectivity index (χ1) is 11.5. The average Bonchev–Trinajstić information content (AvgIpc) is 2.97. The van der Waals surface area contributed by atoms with E-state index in [0.29, 0.717) is 5.56 Å². The number of amides is 1. The summed E-state index contributed by atoms with van der Waals surface area (Å²) in [7, 11) is 0. The number of H-pyrrole nitrogens is 1. The number of carbonyl (C=O) groups is 1. The van der Waals surface area contributed by atoms with Crippen molar-refractivity contribution in [3.05, 3.63) is 61.9 Å². The lowest BCUT2D eigenvalue weighted by Gasteiger charge is -2.20. The zero-order valence-corrected chi connectivity index (χ0v) is 17.1. The molecule has 124 valence electrons. The third-order valence-electron chi connectivity index (χ3n) is 3.83. The highest BCUT2D eigenvalue weighted by molar-refractivity contribution is 14.1. The number of halogens is 2. The van der Waals surface area contributed by atoms with E-state index in [-0.39, 0.29) is 17.9 Å². The molecule has 0 aliphatic rings. The van der Waals surface area contributed by atoms with Crippen LogP contribution in [0.3, 0.4) is 0 Å². The number of imidazole rings is 1. The van der Waals surface area contributed by atoms with Gasteiger partial charge in [0, 0.05) is 8.04 Å². The third kappa shape index (κ3) is 3.64. The molecule has 0 radical (unpaired) electrons. The maximum atomic E-state index is 12.7. The summed E-state index contributed by atoms with van der Waals surface area (Å²) in [5.74, 6) is 0.892. The van der Waals surface area contributed by atoms with Crippen molar-refractivity contribution in [1.29, 1.82) is 0 Å². The number of nitrogens with zero attached hydrogens (tertiary/aromatic N) is 1. The maximum absolute atomic E-state index is 12.7. The quantitative estimate of drug-likeness (QED) is 0.495. The minimum absolute atomic E-state index is 0.0974. The minimum atomic E-state index is -0.181. The Hall–Kier alpha value is -1.41. The molecule has 6 heteroatoms. The van der Waals surface area contributed by atoms with E-state index in [1.54, 1.807) is 0 Å². The van der Waals surface area contributed by atoms with Crippen LogP contribution in [0, 0.1) is 9.49 Å². The largest absolute Gasteiger partial charge is 0.342 e. The van der Waals surface area contributed by atoms with Crippen LogP contribution in [0.5, 0.6) is 0 Å². The van der Waals surface area contributed by atoms with Gasteiger partial charge in [0.2, 0.25) is 0 Å². The molecule has 0 saturated heterocycles. The lowest BCUT2D eigenvalue weighted by Crippen LogP contribution is -2.33. The summed E-state index contributed by atoms with van der Waals surface area (Å²) in [6.07, 6.45) is 0. The van der Waals surface area contributed by atoms with Crippen LogP contribution in [0.2, 0.25) is 0 Å². The average molecular weight is 498 g/mol. The number of hydrogen-bond donors (Lipinski definition) is 2. The van der Waals surface area contributed by atoms with Gasteiger partial charge in [-0.05, 0) is 58.8 Å². The second-order valence-corrected chi connectivity index (χ2v) is 8.04. The molecule has 3 aromatic rings. The number of rotatable bonds is 4. The molecule has 0 spiro atoms. The number of nitrogens with one attached hydrogen (secondary N) is 2. The van der Waals surface area contributed by atoms with Crippen molar-refractivity contribution >= 4 is 55.5 Å². The molecule has 0 aliphatic heterocycles. The van der Waals surface area contributed by atoms with E-state index < -0.39 is 0 Å². The molecule has 4 nitrogen and oxygen atoms in total. The summed E-state index contributed by atoms with van der Waals surface area (Å²) in [5, 5.41) is 3.12. The van der Waals surface area contributed by atoms with Gasteiger partial charge in [-0.15, -0.1) is 0 Å². The first-order valence-electron chi connectivity index (χ1n) is 7.66. The number of benzene rings is 2. The molecular weight excluding hydrogens is 481 g/mol. The number of aromatic nitrogens is 2. The van der Waals surface area contributed by atoms with Crippen LogP contribution in [-0.4, -0.2) is 15.9 Å². The number of aromatic amines is 1. The van der Waals surface area contributed by atoms with E-state index in [4.69, 9.17) is 0 Å². The van der Waals surface area contributed by atoms with Crippen molar-refractivity contribution in [2.75, 3.05) is 0 Å². The normalized spacial score (nSPS) is 12.5. The van der Waals surface area contributed by atoms with E-state index in [1.165, 1.54) is 0 Å². The molecule has 1 atom stereocenters. The molecule has 2 aromatic carbocycles. The Morgan fingerprint density at radius 2 is 2.00 bits per heavy atom. The number of para-hydroxylation sites is 2. The van der Waals surface area contributed by atoms with Crippen LogP contribution in [0.4, 0.5) is 0 Å². The van der Waals surface area contributed by atoms with E-state index in [9.17, 15) is 4.79 Å². The van der Waals surface area contributed by atoms with Gasteiger partial charge in [0.1, 0.15) is 5.82 Å². The smallest absolute Gasteiger partial charge is 0.252 e. The third-order valence-corrected chi connectivity index (χ3v) is 5.26. The zero-order chi connectivity index (χ0) is 17.3. The molecule has 1 amide bonds. The highest BCUT2D eigenvalue weighted by Crippen LogP contribution is 2.24. The van der Waals surface area contributed by atoms with Crippen LogP contribution in [-0.2, 0) is 0 Å². The fourth-order valence-corrected chi connectivity index (χ4v) is 3.50. The Labute approximate surface area is 162 Å². The van der Waals surface area contributed by atoms with Gasteiger partial charge < -0.3 is 10.3 Å². The van der Waals surface area contributed by atoms with Gasteiger partial charge >= 0.3 is 0 Å². The van der Waals surface area contributed by atoms with E-state index in [1.807, 2.05) is 42.5 Å². The van der Waals surface area contributed by atoms with Crippen LogP contribution >= 0.6 is 38.5 Å². The van der Waals surface area contributed by atoms with Gasteiger partial charge in [0.05, 0.1) is 22.6 Å². The van der Waals surface area contributed by atoms with Crippen molar-refractivity contribution < 1.29 is 4.79 Å². The molecular formula is C18H17BrIN3O. The highest BCUT2D eigenvalue weighted by atomic mass is 127. The molecule has 0 saturated carbocycles. The highest BCUT2D eigenvalue weighted by Gasteiger charge is 2.23. The Morgan fingerprint density at radius 1 is 1.25 bits per heavy atom. The lowest BCUT2D eigenvalue weighted by atomic mass is 10.0. The summed E-state index contributed by atoms with van der Waals surface area (Å²) in [5.41, 5.74) is 2.54. The fraction of sp³-hybridized carbons (Fsp3) is 0.222. The number of fused-ring (bicyclic) bond motifs is 1. The first-order valence-corrected chi connectivity index (χ1v) is 9.53. The van der Waals surface area contributed by atoms with Crippen LogP contribution < -0.4 is 5.32 Å². The predicted octanol–water partition coefficient (Wildman–Crippen LogP) is 5.06. The summed E-state index contributed by atoms with van der Waals surface area (Å²) in [6, 6.07) is 13.4. The standard InChI is InChI=1S/C18H17BrIN3O/c1-10(2)16(17-21-14-5-3-4-6-15(14)22-17)23-18(24)12-9-11(19)7-8-13(12)20/h3-10,16H,1-2H3,(H,21,22)(H,23,24). The van der Waals surface area contributed by atoms with Crippen LogP contribution in [0.1, 0.15) is 36.1 Å². The molecule has 0 fully saturated rings. The zero-order valence-electron chi connectivity index (χ0n) is 13.3. The topological polar surface area (TPSA) is 57.8 Å². The molecule has 2 N–H and O–H groups in total. The number of carbonyl (C=O) groups excluding carboxylic acids is 1. The molecule has 3 rings (SSSR count). The van der Waals surface area contributed by atoms with Crippen molar-refractivity contribution in [1.82, 2.24) is 15.3 Å². The van der Waals surface area contributed by atoms with Crippen molar-refractivity contribution in [3.8, 4) is 0 Å². The Morgan fingerprint density at radius 3 is 2.71 bits per heavy atom. The van der Waals surface area contributed by atoms with E-state index >= 15 is 0 Å². The molecule has 24 heavy (non-hydrogen) atoms. The maximum Gasteiger partial charge on any atom is 0.252 e. The van der Waals surface area contributed by atoms with Crippen LogP contribution in [0.25, 0.3) is 11.0 Å². The summed E-state index contributed by atoms with van der Waals surface area (Å²) in [6.45, 7) is 4.15. The van der Waals surface area contributed by atoms with Gasteiger partial charge in [-0.1, -0.05) is 41.9 Å². The van der Waals surface area contributed by atoms with E-state index in [0.717, 1.165) is 24.9 Å². The molecule has 1 unspecified atom stereocenters. The Balaban J connectivity index is 1.91. The molecule has 1 aromatic heterocycles. The van der Waals surface area contributed by atoms with Gasteiger partial charge in [-0.2, -0.15) is 0 Å². The lowest BCUT2D eigenvalue weighted by molar-refractivity contribution is 0.0922. The summed E-state index contributed by atoms with van der Waals surface area (Å²) >= 11 is 5.60. The molecule has 1 heterocycles. The summed E-state index contributed by atoms with van der Waals surface area (Å²) < 4.78 is 1.80. The van der Waals surface area contributed by atoms with Crippen molar-refractivity contribution in [2.24, 2.45) is 5.92 Å². The Bertz CT molecular complexity index is 858. The Kier molecular flexibility index (Phi) is 5.24. The van der Waals surface area contributed by atoms with Crippen molar-refractivity contribution in [2.45, 2.75) is 19.9 Å². The molecule has 0 aliphatic carbocycles. The first kappa shape index (κ1) is 17.4. The molecule has 0 bridgehead atoms. The van der Waals surface area contributed by atoms with Gasteiger partial charge in [0.15, 0.2) is 0 Å². The van der Waals surface area contributed by atoms with E-state index in [2.05, 4.69) is 67.7 Å². The van der Waals surface area contributed by atoms with Gasteiger partial charge in [-0.25, -0.2) is 4.98 Å². The monoisotopic (exact) mass is 497 g/mol. The van der Waals surface area contributed by atoms with Gasteiger partial charge in [0.25, 0.3) is 5.91 Å². The second-order valence-electron chi connectivity index (χ2n) is 5.96. The van der Waals surface area contributed by atoms with Crippen molar-refractivity contribution in [3.63, 3.8) is 0 Å².